The van der Waals surface area contributed by atoms with Gasteiger partial charge in [-0.1, -0.05) is 85.2 Å². The highest BCUT2D eigenvalue weighted by atomic mass is 16.5. The van der Waals surface area contributed by atoms with E-state index in [0.29, 0.717) is 6.54 Å². The Morgan fingerprint density at radius 2 is 1.53 bits per heavy atom. The van der Waals surface area contributed by atoms with Gasteiger partial charge in [0.15, 0.2) is 5.78 Å². The molecule has 1 aromatic rings. The van der Waals surface area contributed by atoms with Crippen LogP contribution >= 0.6 is 0 Å². The first-order valence-corrected chi connectivity index (χ1v) is 19.1. The number of nitrogens with one attached hydrogen (secondary N) is 1. The Balaban J connectivity index is 2.23. The summed E-state index contributed by atoms with van der Waals surface area (Å²) in [4.78, 5) is 60.9. The van der Waals surface area contributed by atoms with E-state index in [0.717, 1.165) is 31.2 Å². The molecule has 3 amide bonds. The number of ketones is 1. The Kier molecular flexibility index (Phi) is 18.3. The fraction of sp³-hybridized carbons (Fsp3) is 0.756. The summed E-state index contributed by atoms with van der Waals surface area (Å²) in [6.45, 7) is 16.6. The Morgan fingerprint density at radius 1 is 0.902 bits per heavy atom. The molecule has 0 bridgehead atoms. The lowest BCUT2D eigenvalue weighted by Crippen LogP contribution is -2.54. The van der Waals surface area contributed by atoms with E-state index < -0.39 is 24.0 Å². The highest BCUT2D eigenvalue weighted by Crippen LogP contribution is 2.31. The number of carbonyl (C=O) groups is 4. The van der Waals surface area contributed by atoms with Crippen molar-refractivity contribution in [2.75, 3.05) is 41.9 Å². The predicted octanol–water partition coefficient (Wildman–Crippen LogP) is 5.47. The summed E-state index contributed by atoms with van der Waals surface area (Å²) >= 11 is 0. The van der Waals surface area contributed by atoms with E-state index in [1.54, 1.807) is 26.2 Å². The number of rotatable bonds is 21. The monoisotopic (exact) mass is 715 g/mol. The summed E-state index contributed by atoms with van der Waals surface area (Å²) in [7, 11) is 8.81. The minimum Gasteiger partial charge on any atom is -0.379 e. The average Bonchev–Trinajstić information content (AvgIpc) is 3.56. The molecule has 1 saturated heterocycles. The summed E-state index contributed by atoms with van der Waals surface area (Å²) in [5, 5.41) is 3.15. The number of amides is 3. The molecule has 1 fully saturated rings. The zero-order valence-electron chi connectivity index (χ0n) is 34.0. The molecular weight excluding hydrogens is 644 g/mol. The van der Waals surface area contributed by atoms with E-state index in [1.165, 1.54) is 0 Å². The van der Waals surface area contributed by atoms with Gasteiger partial charge in [-0.15, -0.1) is 0 Å². The molecule has 1 heterocycles. The van der Waals surface area contributed by atoms with Crippen LogP contribution in [0.3, 0.4) is 0 Å². The third-order valence-electron chi connectivity index (χ3n) is 11.1. The van der Waals surface area contributed by atoms with E-state index in [1.807, 2.05) is 83.6 Å². The third kappa shape index (κ3) is 12.1. The maximum atomic E-state index is 14.3. The van der Waals surface area contributed by atoms with Crippen LogP contribution in [0.15, 0.2) is 30.3 Å². The van der Waals surface area contributed by atoms with Crippen LogP contribution in [0.2, 0.25) is 0 Å². The summed E-state index contributed by atoms with van der Waals surface area (Å²) in [6.07, 6.45) is 2.28. The van der Waals surface area contributed by atoms with E-state index in [-0.39, 0.29) is 78.3 Å². The molecule has 1 aliphatic rings. The van der Waals surface area contributed by atoms with Gasteiger partial charge in [0.05, 0.1) is 42.7 Å². The van der Waals surface area contributed by atoms with E-state index in [2.05, 4.69) is 31.3 Å². The highest BCUT2D eigenvalue weighted by molar-refractivity contribution is 5.90. The van der Waals surface area contributed by atoms with E-state index in [9.17, 15) is 19.2 Å². The second kappa shape index (κ2) is 21.0. The van der Waals surface area contributed by atoms with Gasteiger partial charge in [0.25, 0.3) is 0 Å². The molecule has 2 rings (SSSR count). The Bertz CT molecular complexity index is 1230. The van der Waals surface area contributed by atoms with Gasteiger partial charge in [0.2, 0.25) is 17.7 Å². The summed E-state index contributed by atoms with van der Waals surface area (Å²) < 4.78 is 12.0. The lowest BCUT2D eigenvalue weighted by atomic mass is 9.83. The maximum Gasteiger partial charge on any atom is 0.226 e. The second-order valence-corrected chi connectivity index (χ2v) is 15.9. The third-order valence-corrected chi connectivity index (χ3v) is 11.1. The molecular formula is C41H70N4O6. The molecule has 10 heteroatoms. The number of Topliss-reactive ketones (excluding diaryl/α,β-unsaturated/α-hetero) is 1. The number of nitrogens with zero attached hydrogens (tertiary/aromatic N) is 3. The molecule has 0 saturated carbocycles. The van der Waals surface area contributed by atoms with E-state index in [4.69, 9.17) is 9.47 Å². The molecule has 0 aromatic heterocycles. The lowest BCUT2D eigenvalue weighted by Gasteiger charge is -2.41. The number of benzene rings is 1. The van der Waals surface area contributed by atoms with Crippen molar-refractivity contribution in [1.82, 2.24) is 20.0 Å². The van der Waals surface area contributed by atoms with Crippen LogP contribution in [0.1, 0.15) is 93.1 Å². The van der Waals surface area contributed by atoms with Crippen LogP contribution in [0.4, 0.5) is 0 Å². The van der Waals surface area contributed by atoms with Gasteiger partial charge in [0, 0.05) is 46.2 Å². The van der Waals surface area contributed by atoms with Crippen molar-refractivity contribution in [3.8, 4) is 0 Å². The van der Waals surface area contributed by atoms with Crippen LogP contribution in [-0.4, -0.2) is 116 Å². The van der Waals surface area contributed by atoms with Crippen molar-refractivity contribution in [3.05, 3.63) is 35.9 Å². The number of likely N-dealkylation sites (tertiary alicyclic amines) is 1. The van der Waals surface area contributed by atoms with Gasteiger partial charge in [0.1, 0.15) is 0 Å². The summed E-state index contributed by atoms with van der Waals surface area (Å²) in [5.41, 5.74) is 1.15. The highest BCUT2D eigenvalue weighted by Gasteiger charge is 2.43. The number of hydrogen-bond acceptors (Lipinski definition) is 7. The molecule has 1 aromatic carbocycles. The van der Waals surface area contributed by atoms with Crippen LogP contribution in [0.25, 0.3) is 0 Å². The smallest absolute Gasteiger partial charge is 0.226 e. The first-order chi connectivity index (χ1) is 24.0. The largest absolute Gasteiger partial charge is 0.379 e. The zero-order chi connectivity index (χ0) is 38.6. The van der Waals surface area contributed by atoms with Gasteiger partial charge in [-0.05, 0) is 63.6 Å². The van der Waals surface area contributed by atoms with Gasteiger partial charge in [-0.2, -0.15) is 0 Å². The first kappa shape index (κ1) is 44.3. The van der Waals surface area contributed by atoms with Crippen molar-refractivity contribution in [2.45, 2.75) is 130 Å². The molecule has 290 valence electrons. The molecule has 9 atom stereocenters. The van der Waals surface area contributed by atoms with Crippen molar-refractivity contribution in [3.63, 3.8) is 0 Å². The minimum atomic E-state index is -0.558. The number of methoxy groups -OCH3 is 2. The molecule has 1 aliphatic heterocycles. The number of ether oxygens (including phenoxy) is 2. The molecule has 0 radical (unpaired) electrons. The molecule has 1 N–H and O–H groups in total. The van der Waals surface area contributed by atoms with Crippen LogP contribution in [0.5, 0.6) is 0 Å². The second-order valence-electron chi connectivity index (χ2n) is 15.9. The average molecular weight is 715 g/mol. The Morgan fingerprint density at radius 3 is 2.04 bits per heavy atom. The Hall–Kier alpha value is -2.82. The van der Waals surface area contributed by atoms with Gasteiger partial charge in [-0.3, -0.25) is 24.1 Å². The van der Waals surface area contributed by atoms with Crippen molar-refractivity contribution >= 4 is 23.5 Å². The van der Waals surface area contributed by atoms with Gasteiger partial charge >= 0.3 is 0 Å². The topological polar surface area (TPSA) is 108 Å². The quantitative estimate of drug-likeness (QED) is 0.180. The predicted molar refractivity (Wildman–Crippen MR) is 204 cm³/mol. The van der Waals surface area contributed by atoms with Crippen LogP contribution < -0.4 is 5.32 Å². The Labute approximate surface area is 309 Å². The molecule has 10 nitrogen and oxygen atoms in total. The molecule has 0 spiro atoms. The minimum absolute atomic E-state index is 0.0353. The fourth-order valence-electron chi connectivity index (χ4n) is 8.16. The van der Waals surface area contributed by atoms with Crippen molar-refractivity contribution < 1.29 is 28.7 Å². The van der Waals surface area contributed by atoms with Crippen LogP contribution in [0, 0.1) is 29.6 Å². The molecule has 51 heavy (non-hydrogen) atoms. The maximum absolute atomic E-state index is 14.3. The summed E-state index contributed by atoms with van der Waals surface area (Å²) in [6, 6.07) is 9.11. The fourth-order valence-corrected chi connectivity index (χ4v) is 8.16. The van der Waals surface area contributed by atoms with E-state index >= 15 is 0 Å². The standard InChI is InChI=1S/C41H70N4O6/c1-14-28(6)38(44(11)41(49)32(26(2)3)24-34(46)37(27(4)5)43(9)10)35(50-12)25-36(47)45-22-18-21-33(45)39(51-13)30(8)40(48)42-29(7)23-31-19-16-15-17-20-31/h15-17,19-20,26-30,32-33,35,37-39H,14,18,21-25H2,1-13H3,(H,42,48)/t28-,29+,30+,32-,33-,35+,37-,38-,39+/m0/s1. The lowest BCUT2D eigenvalue weighted by molar-refractivity contribution is -0.149. The molecule has 0 aliphatic carbocycles. The number of hydrogen-bond donors (Lipinski definition) is 1. The normalized spacial score (nSPS) is 19.7. The SMILES string of the molecule is CC[C@H](C)[C@@H]([C@@H](CC(=O)N1CCC[C@H]1[C@H](OC)[C@@H](C)C(=O)N[C@H](C)Cc1ccccc1)OC)N(C)C(=O)[C@@H](CC(=O)[C@H](C(C)C)N(C)C)C(C)C. The molecule has 0 unspecified atom stereocenters. The van der Waals surface area contributed by atoms with Crippen molar-refractivity contribution in [2.24, 2.45) is 29.6 Å². The van der Waals surface area contributed by atoms with Crippen molar-refractivity contribution in [1.29, 1.82) is 0 Å². The van der Waals surface area contributed by atoms with Gasteiger partial charge in [-0.25, -0.2) is 0 Å². The number of carbonyl (C=O) groups excluding carboxylic acids is 4. The first-order valence-electron chi connectivity index (χ1n) is 19.1. The van der Waals surface area contributed by atoms with Crippen LogP contribution in [-0.2, 0) is 35.1 Å². The zero-order valence-corrected chi connectivity index (χ0v) is 34.0. The summed E-state index contributed by atoms with van der Waals surface area (Å²) in [5.74, 6) is -1.06. The van der Waals surface area contributed by atoms with Gasteiger partial charge < -0.3 is 24.6 Å². The number of likely N-dealkylation sites (N-methyl/N-ethyl adjacent to an activating group) is 2.